The maximum atomic E-state index is 11.2. The lowest BCUT2D eigenvalue weighted by Crippen LogP contribution is -2.03. The third kappa shape index (κ3) is 1.45. The molecule has 0 saturated heterocycles. The van der Waals surface area contributed by atoms with Crippen molar-refractivity contribution in [3.05, 3.63) is 34.6 Å². The highest BCUT2D eigenvalue weighted by molar-refractivity contribution is 5.89. The van der Waals surface area contributed by atoms with Crippen LogP contribution >= 0.6 is 0 Å². The molecule has 1 heterocycles. The van der Waals surface area contributed by atoms with Crippen LogP contribution in [0.25, 0.3) is 11.0 Å². The van der Waals surface area contributed by atoms with Crippen LogP contribution in [-0.2, 0) is 0 Å². The van der Waals surface area contributed by atoms with Crippen molar-refractivity contribution in [3.8, 4) is 0 Å². The van der Waals surface area contributed by atoms with Gasteiger partial charge in [0.1, 0.15) is 6.33 Å². The molecule has 0 aliphatic rings. The van der Waals surface area contributed by atoms with Crippen LogP contribution in [0, 0.1) is 10.1 Å². The highest BCUT2D eigenvalue weighted by Gasteiger charge is 2.11. The average Bonchev–Trinajstić information content (AvgIpc) is 2.59. The summed E-state index contributed by atoms with van der Waals surface area (Å²) < 4.78 is 1.28. The van der Waals surface area contributed by atoms with Crippen LogP contribution in [0.3, 0.4) is 0 Å². The van der Waals surface area contributed by atoms with Crippen molar-refractivity contribution in [3.63, 3.8) is 0 Å². The van der Waals surface area contributed by atoms with E-state index >= 15 is 0 Å². The fourth-order valence-electron chi connectivity index (χ4n) is 1.36. The zero-order chi connectivity index (χ0) is 11.0. The molecule has 0 N–H and O–H groups in total. The lowest BCUT2D eigenvalue weighted by molar-refractivity contribution is -0.384. The maximum absolute atomic E-state index is 11.2. The van der Waals surface area contributed by atoms with Gasteiger partial charge in [-0.3, -0.25) is 19.5 Å². The van der Waals surface area contributed by atoms with Gasteiger partial charge in [-0.2, -0.15) is 0 Å². The van der Waals surface area contributed by atoms with Gasteiger partial charge in [0.15, 0.2) is 0 Å². The lowest BCUT2D eigenvalue weighted by Gasteiger charge is -1.96. The molecule has 0 bridgehead atoms. The smallest absolute Gasteiger partial charge is 0.271 e. The summed E-state index contributed by atoms with van der Waals surface area (Å²) in [7, 11) is 0. The number of fused-ring (bicyclic) bond motifs is 1. The molecule has 0 amide bonds. The molecule has 0 aliphatic carbocycles. The third-order valence-corrected chi connectivity index (χ3v) is 2.08. The van der Waals surface area contributed by atoms with Gasteiger partial charge in [0.25, 0.3) is 5.69 Å². The van der Waals surface area contributed by atoms with Gasteiger partial charge >= 0.3 is 0 Å². The Kier molecular flexibility index (Phi) is 1.96. The fraction of sp³-hybridized carbons (Fsp3) is 0.111. The second kappa shape index (κ2) is 3.16. The van der Waals surface area contributed by atoms with Crippen LogP contribution in [-0.4, -0.2) is 20.4 Å². The molecular formula is C9H7N3O3. The van der Waals surface area contributed by atoms with E-state index in [1.165, 1.54) is 36.0 Å². The van der Waals surface area contributed by atoms with Crippen LogP contribution in [0.4, 0.5) is 5.69 Å². The molecule has 0 spiro atoms. The van der Waals surface area contributed by atoms with Crippen LogP contribution in [0.5, 0.6) is 0 Å². The van der Waals surface area contributed by atoms with Crippen LogP contribution in [0.2, 0.25) is 0 Å². The van der Waals surface area contributed by atoms with E-state index in [0.29, 0.717) is 11.0 Å². The first-order valence-corrected chi connectivity index (χ1v) is 4.22. The molecule has 0 aliphatic heterocycles. The van der Waals surface area contributed by atoms with Crippen molar-refractivity contribution in [1.29, 1.82) is 0 Å². The zero-order valence-electron chi connectivity index (χ0n) is 7.88. The minimum Gasteiger partial charge on any atom is -0.274 e. The first-order valence-electron chi connectivity index (χ1n) is 4.22. The van der Waals surface area contributed by atoms with E-state index in [4.69, 9.17) is 0 Å². The Hall–Kier alpha value is -2.24. The molecule has 6 nitrogen and oxygen atoms in total. The highest BCUT2D eigenvalue weighted by atomic mass is 16.6. The molecule has 0 atom stereocenters. The van der Waals surface area contributed by atoms with Crippen molar-refractivity contribution < 1.29 is 9.72 Å². The number of benzene rings is 1. The second-order valence-corrected chi connectivity index (χ2v) is 3.06. The van der Waals surface area contributed by atoms with Crippen molar-refractivity contribution in [2.24, 2.45) is 0 Å². The molecule has 0 saturated carbocycles. The Morgan fingerprint density at radius 2 is 2.27 bits per heavy atom. The van der Waals surface area contributed by atoms with Crippen LogP contribution in [0.15, 0.2) is 24.5 Å². The number of hydrogen-bond donors (Lipinski definition) is 0. The van der Waals surface area contributed by atoms with E-state index < -0.39 is 4.92 Å². The molecule has 1 aromatic heterocycles. The summed E-state index contributed by atoms with van der Waals surface area (Å²) in [5, 5.41) is 10.5. The lowest BCUT2D eigenvalue weighted by atomic mass is 10.3. The van der Waals surface area contributed by atoms with Crippen molar-refractivity contribution in [1.82, 2.24) is 9.55 Å². The topological polar surface area (TPSA) is 78.0 Å². The van der Waals surface area contributed by atoms with Crippen molar-refractivity contribution >= 4 is 22.6 Å². The summed E-state index contributed by atoms with van der Waals surface area (Å²) in [5.41, 5.74) is 0.970. The molecule has 2 aromatic rings. The number of carbonyl (C=O) groups is 1. The molecule has 2 rings (SSSR count). The summed E-state index contributed by atoms with van der Waals surface area (Å²) in [5.74, 6) is -0.224. The summed E-state index contributed by atoms with van der Waals surface area (Å²) >= 11 is 0. The standard InChI is InChI=1S/C9H7N3O3/c1-6(13)11-5-10-8-3-2-7(12(14)15)4-9(8)11/h2-5H,1H3. The molecule has 0 radical (unpaired) electrons. The second-order valence-electron chi connectivity index (χ2n) is 3.06. The average molecular weight is 205 g/mol. The quantitative estimate of drug-likeness (QED) is 0.523. The van der Waals surface area contributed by atoms with E-state index in [0.717, 1.165) is 0 Å². The minimum atomic E-state index is -0.503. The van der Waals surface area contributed by atoms with Gasteiger partial charge in [-0.1, -0.05) is 0 Å². The largest absolute Gasteiger partial charge is 0.274 e. The number of aromatic nitrogens is 2. The Balaban J connectivity index is 2.72. The summed E-state index contributed by atoms with van der Waals surface area (Å²) in [6.07, 6.45) is 1.36. The Bertz CT molecular complexity index is 559. The van der Waals surface area contributed by atoms with E-state index in [1.807, 2.05) is 0 Å². The number of carbonyl (C=O) groups excluding carboxylic acids is 1. The predicted octanol–water partition coefficient (Wildman–Crippen LogP) is 1.60. The normalized spacial score (nSPS) is 10.5. The Labute approximate surface area is 84.3 Å². The van der Waals surface area contributed by atoms with Gasteiger partial charge < -0.3 is 0 Å². The summed E-state index contributed by atoms with van der Waals surface area (Å²) in [6.45, 7) is 1.37. The number of hydrogen-bond acceptors (Lipinski definition) is 4. The SMILES string of the molecule is CC(=O)n1cnc2ccc([N+](=O)[O-])cc21. The number of nitro groups is 1. The van der Waals surface area contributed by atoms with Gasteiger partial charge in [0, 0.05) is 19.1 Å². The van der Waals surface area contributed by atoms with Gasteiger partial charge in [0.05, 0.1) is 16.0 Å². The van der Waals surface area contributed by atoms with E-state index in [9.17, 15) is 14.9 Å². The molecule has 0 unspecified atom stereocenters. The van der Waals surface area contributed by atoms with Crippen LogP contribution in [0.1, 0.15) is 11.7 Å². The highest BCUT2D eigenvalue weighted by Crippen LogP contribution is 2.19. The predicted molar refractivity (Wildman–Crippen MR) is 52.7 cm³/mol. The number of non-ortho nitro benzene ring substituents is 1. The monoisotopic (exact) mass is 205 g/mol. The molecule has 76 valence electrons. The molecule has 6 heteroatoms. The van der Waals surface area contributed by atoms with E-state index in [-0.39, 0.29) is 11.6 Å². The summed E-state index contributed by atoms with van der Waals surface area (Å²) in [6, 6.07) is 4.22. The first-order chi connectivity index (χ1) is 7.09. The molecule has 15 heavy (non-hydrogen) atoms. The van der Waals surface area contributed by atoms with Crippen molar-refractivity contribution in [2.45, 2.75) is 6.92 Å². The maximum Gasteiger partial charge on any atom is 0.271 e. The van der Waals surface area contributed by atoms with Gasteiger partial charge in [-0.05, 0) is 6.07 Å². The molecular weight excluding hydrogens is 198 g/mol. The van der Waals surface area contributed by atoms with Crippen molar-refractivity contribution in [2.75, 3.05) is 0 Å². The minimum absolute atomic E-state index is 0.0505. The van der Waals surface area contributed by atoms with E-state index in [1.54, 1.807) is 0 Å². The first kappa shape index (κ1) is 9.32. The summed E-state index contributed by atoms with van der Waals surface area (Å²) in [4.78, 5) is 25.2. The van der Waals surface area contributed by atoms with Gasteiger partial charge in [-0.15, -0.1) is 0 Å². The molecule has 0 fully saturated rings. The number of nitrogens with zero attached hydrogens (tertiary/aromatic N) is 3. The van der Waals surface area contributed by atoms with E-state index in [2.05, 4.69) is 4.98 Å². The number of imidazole rings is 1. The fourth-order valence-corrected chi connectivity index (χ4v) is 1.36. The molecule has 1 aromatic carbocycles. The van der Waals surface area contributed by atoms with Gasteiger partial charge in [-0.25, -0.2) is 4.98 Å². The van der Waals surface area contributed by atoms with Crippen LogP contribution < -0.4 is 0 Å². The number of rotatable bonds is 1. The Morgan fingerprint density at radius 3 is 2.87 bits per heavy atom. The Morgan fingerprint density at radius 1 is 1.53 bits per heavy atom. The van der Waals surface area contributed by atoms with Gasteiger partial charge in [0.2, 0.25) is 5.91 Å². The number of nitro benzene ring substituents is 1. The zero-order valence-corrected chi connectivity index (χ0v) is 7.88. The third-order valence-electron chi connectivity index (χ3n) is 2.08.